The quantitative estimate of drug-likeness (QED) is 0.767. The molecule has 0 spiro atoms. The molecule has 2 unspecified atom stereocenters. The highest BCUT2D eigenvalue weighted by Gasteiger charge is 2.30. The summed E-state index contributed by atoms with van der Waals surface area (Å²) in [6.07, 6.45) is 3.17. The fraction of sp³-hybridized carbons (Fsp3) is 0.909. The molecule has 0 radical (unpaired) electrons. The zero-order chi connectivity index (χ0) is 10.7. The van der Waals surface area contributed by atoms with Crippen LogP contribution in [0.1, 0.15) is 19.3 Å². The van der Waals surface area contributed by atoms with E-state index in [4.69, 9.17) is 5.11 Å². The minimum atomic E-state index is 0.225. The van der Waals surface area contributed by atoms with Crippen LogP contribution in [0, 0.1) is 11.8 Å². The van der Waals surface area contributed by atoms with Gasteiger partial charge in [0.2, 0.25) is 5.91 Å². The van der Waals surface area contributed by atoms with Gasteiger partial charge < -0.3 is 10.0 Å². The maximum atomic E-state index is 12.1. The maximum absolute atomic E-state index is 12.1. The summed E-state index contributed by atoms with van der Waals surface area (Å²) in [4.78, 5) is 14.1. The van der Waals surface area contributed by atoms with Gasteiger partial charge in [-0.25, -0.2) is 0 Å². The van der Waals surface area contributed by atoms with Crippen LogP contribution in [0.3, 0.4) is 0 Å². The zero-order valence-electron chi connectivity index (χ0n) is 9.02. The third-order valence-corrected chi connectivity index (χ3v) is 4.53. The first-order valence-electron chi connectivity index (χ1n) is 5.78. The fourth-order valence-electron chi connectivity index (χ4n) is 2.40. The van der Waals surface area contributed by atoms with E-state index in [0.29, 0.717) is 11.8 Å². The Morgan fingerprint density at radius 1 is 1.47 bits per heavy atom. The molecule has 1 N–H and O–H groups in total. The van der Waals surface area contributed by atoms with Crippen LogP contribution in [-0.2, 0) is 4.79 Å². The number of carbonyl (C=O) groups excluding carboxylic acids is 1. The van der Waals surface area contributed by atoms with Gasteiger partial charge in [-0.3, -0.25) is 4.79 Å². The Kier molecular flexibility index (Phi) is 3.92. The highest BCUT2D eigenvalue weighted by atomic mass is 32.2. The monoisotopic (exact) mass is 229 g/mol. The van der Waals surface area contributed by atoms with Gasteiger partial charge in [0, 0.05) is 31.4 Å². The molecule has 0 aromatic heterocycles. The van der Waals surface area contributed by atoms with Gasteiger partial charge in [0.25, 0.3) is 0 Å². The van der Waals surface area contributed by atoms with Crippen LogP contribution >= 0.6 is 11.8 Å². The van der Waals surface area contributed by atoms with Crippen molar-refractivity contribution in [2.45, 2.75) is 19.3 Å². The molecule has 2 atom stereocenters. The molecule has 0 bridgehead atoms. The summed E-state index contributed by atoms with van der Waals surface area (Å²) in [6, 6.07) is 0. The lowest BCUT2D eigenvalue weighted by Crippen LogP contribution is -2.43. The maximum Gasteiger partial charge on any atom is 0.226 e. The van der Waals surface area contributed by atoms with Gasteiger partial charge >= 0.3 is 0 Å². The molecule has 2 aliphatic heterocycles. The number of likely N-dealkylation sites (tertiary alicyclic amines) is 1. The molecule has 0 saturated carbocycles. The van der Waals surface area contributed by atoms with Crippen LogP contribution in [-0.4, -0.2) is 47.1 Å². The molecule has 2 fully saturated rings. The number of hydrogen-bond donors (Lipinski definition) is 1. The summed E-state index contributed by atoms with van der Waals surface area (Å²) in [5.41, 5.74) is 0. The van der Waals surface area contributed by atoms with Gasteiger partial charge in [0.1, 0.15) is 0 Å². The molecule has 0 aromatic carbocycles. The minimum absolute atomic E-state index is 0.225. The summed E-state index contributed by atoms with van der Waals surface area (Å²) < 4.78 is 0. The Morgan fingerprint density at radius 2 is 2.33 bits per heavy atom. The summed E-state index contributed by atoms with van der Waals surface area (Å²) >= 11 is 1.88. The van der Waals surface area contributed by atoms with Crippen LogP contribution < -0.4 is 0 Å². The fourth-order valence-corrected chi connectivity index (χ4v) is 3.61. The highest BCUT2D eigenvalue weighted by Crippen LogP contribution is 2.27. The van der Waals surface area contributed by atoms with Gasteiger partial charge in [-0.15, -0.1) is 0 Å². The molecule has 4 heteroatoms. The number of amides is 1. The molecular formula is C11H19NO2S. The lowest BCUT2D eigenvalue weighted by atomic mass is 9.97. The lowest BCUT2D eigenvalue weighted by molar-refractivity contribution is -0.136. The summed E-state index contributed by atoms with van der Waals surface area (Å²) in [6.45, 7) is 1.90. The first kappa shape index (κ1) is 11.3. The Balaban J connectivity index is 1.88. The van der Waals surface area contributed by atoms with Gasteiger partial charge in [0.15, 0.2) is 0 Å². The second-order valence-electron chi connectivity index (χ2n) is 4.54. The van der Waals surface area contributed by atoms with Crippen LogP contribution in [0.5, 0.6) is 0 Å². The second-order valence-corrected chi connectivity index (χ2v) is 5.69. The van der Waals surface area contributed by atoms with Gasteiger partial charge in [-0.05, 0) is 30.9 Å². The second kappa shape index (κ2) is 5.21. The summed E-state index contributed by atoms with van der Waals surface area (Å²) in [7, 11) is 0. The van der Waals surface area contributed by atoms with E-state index in [2.05, 4.69) is 0 Å². The number of hydrogen-bond acceptors (Lipinski definition) is 3. The largest absolute Gasteiger partial charge is 0.396 e. The first-order chi connectivity index (χ1) is 7.31. The van der Waals surface area contributed by atoms with E-state index in [-0.39, 0.29) is 12.5 Å². The molecule has 0 aliphatic carbocycles. The number of piperidine rings is 1. The molecule has 2 saturated heterocycles. The molecule has 1 amide bonds. The average Bonchev–Trinajstić information content (AvgIpc) is 2.81. The van der Waals surface area contributed by atoms with Gasteiger partial charge in [-0.2, -0.15) is 11.8 Å². The van der Waals surface area contributed by atoms with Crippen molar-refractivity contribution in [3.8, 4) is 0 Å². The molecule has 2 aliphatic rings. The van der Waals surface area contributed by atoms with Crippen molar-refractivity contribution in [2.24, 2.45) is 11.8 Å². The Morgan fingerprint density at radius 3 is 3.00 bits per heavy atom. The molecule has 15 heavy (non-hydrogen) atoms. The Labute approximate surface area is 95.2 Å². The van der Waals surface area contributed by atoms with Crippen molar-refractivity contribution in [1.29, 1.82) is 0 Å². The van der Waals surface area contributed by atoms with E-state index < -0.39 is 0 Å². The van der Waals surface area contributed by atoms with E-state index in [9.17, 15) is 4.79 Å². The van der Waals surface area contributed by atoms with Crippen molar-refractivity contribution in [3.05, 3.63) is 0 Å². The number of rotatable bonds is 2. The third-order valence-electron chi connectivity index (χ3n) is 3.37. The predicted molar refractivity (Wildman–Crippen MR) is 61.8 cm³/mol. The predicted octanol–water partition coefficient (Wildman–Crippen LogP) is 0.970. The molecule has 0 aromatic rings. The van der Waals surface area contributed by atoms with Crippen molar-refractivity contribution in [3.63, 3.8) is 0 Å². The first-order valence-corrected chi connectivity index (χ1v) is 6.94. The van der Waals surface area contributed by atoms with E-state index >= 15 is 0 Å². The van der Waals surface area contributed by atoms with E-state index in [1.54, 1.807) is 0 Å². The number of aliphatic hydroxyl groups is 1. The van der Waals surface area contributed by atoms with E-state index in [1.165, 1.54) is 0 Å². The summed E-state index contributed by atoms with van der Waals surface area (Å²) in [5.74, 6) is 3.04. The third kappa shape index (κ3) is 2.67. The van der Waals surface area contributed by atoms with Crippen LogP contribution in [0.25, 0.3) is 0 Å². The van der Waals surface area contributed by atoms with Gasteiger partial charge in [-0.1, -0.05) is 0 Å². The van der Waals surface area contributed by atoms with Crippen LogP contribution in [0.15, 0.2) is 0 Å². The zero-order valence-corrected chi connectivity index (χ0v) is 9.84. The molecule has 2 rings (SSSR count). The standard InChI is InChI=1S/C11H19NO2S/c13-7-9-2-1-4-12(6-9)11(14)10-3-5-15-8-10/h9-10,13H,1-8H2. The van der Waals surface area contributed by atoms with Crippen molar-refractivity contribution >= 4 is 17.7 Å². The number of carbonyl (C=O) groups is 1. The van der Waals surface area contributed by atoms with Crippen LogP contribution in [0.4, 0.5) is 0 Å². The molecule has 3 nitrogen and oxygen atoms in total. The number of nitrogens with zero attached hydrogens (tertiary/aromatic N) is 1. The molecule has 86 valence electrons. The van der Waals surface area contributed by atoms with Crippen LogP contribution in [0.2, 0.25) is 0 Å². The lowest BCUT2D eigenvalue weighted by Gasteiger charge is -2.33. The number of aliphatic hydroxyl groups excluding tert-OH is 1. The SMILES string of the molecule is O=C(C1CCSC1)N1CCCC(CO)C1. The van der Waals surface area contributed by atoms with Gasteiger partial charge in [0.05, 0.1) is 0 Å². The molecule has 2 heterocycles. The van der Waals surface area contributed by atoms with E-state index in [1.807, 2.05) is 16.7 Å². The average molecular weight is 229 g/mol. The van der Waals surface area contributed by atoms with Crippen molar-refractivity contribution in [1.82, 2.24) is 4.90 Å². The normalized spacial score (nSPS) is 31.9. The number of thioether (sulfide) groups is 1. The minimum Gasteiger partial charge on any atom is -0.396 e. The van der Waals surface area contributed by atoms with Crippen molar-refractivity contribution in [2.75, 3.05) is 31.2 Å². The van der Waals surface area contributed by atoms with E-state index in [0.717, 1.165) is 43.9 Å². The molecular weight excluding hydrogens is 210 g/mol. The topological polar surface area (TPSA) is 40.5 Å². The Hall–Kier alpha value is -0.220. The Bertz CT molecular complexity index is 229. The van der Waals surface area contributed by atoms with Crippen molar-refractivity contribution < 1.29 is 9.90 Å². The smallest absolute Gasteiger partial charge is 0.226 e. The highest BCUT2D eigenvalue weighted by molar-refractivity contribution is 7.99. The summed E-state index contributed by atoms with van der Waals surface area (Å²) in [5, 5.41) is 9.11.